The third-order valence-electron chi connectivity index (χ3n) is 3.12. The Labute approximate surface area is 129 Å². The van der Waals surface area contributed by atoms with E-state index in [0.717, 1.165) is 0 Å². The van der Waals surface area contributed by atoms with Gasteiger partial charge in [-0.1, -0.05) is 18.2 Å². The number of methoxy groups -OCH3 is 1. The summed E-state index contributed by atoms with van der Waals surface area (Å²) in [5, 5.41) is 2.76. The van der Waals surface area contributed by atoms with Crippen LogP contribution in [0.2, 0.25) is 0 Å². The summed E-state index contributed by atoms with van der Waals surface area (Å²) in [5.41, 5.74) is 1.35. The minimum atomic E-state index is -0.253. The van der Waals surface area contributed by atoms with Crippen LogP contribution in [0.5, 0.6) is 5.75 Å². The fourth-order valence-corrected chi connectivity index (χ4v) is 2.01. The highest BCUT2D eigenvalue weighted by molar-refractivity contribution is 6.01. The van der Waals surface area contributed by atoms with Gasteiger partial charge in [0.25, 0.3) is 0 Å². The molecule has 0 aliphatic carbocycles. The highest BCUT2D eigenvalue weighted by Crippen LogP contribution is 2.19. The van der Waals surface area contributed by atoms with E-state index in [2.05, 4.69) is 5.32 Å². The molecule has 0 spiro atoms. The molecule has 1 N–H and O–H groups in total. The number of carbonyl (C=O) groups excluding carboxylic acids is 2. The van der Waals surface area contributed by atoms with Crippen LogP contribution in [0.4, 0.5) is 11.4 Å². The zero-order valence-corrected chi connectivity index (χ0v) is 12.6. The third-order valence-corrected chi connectivity index (χ3v) is 3.12. The molecule has 0 aliphatic rings. The molecule has 2 amide bonds. The largest absolute Gasteiger partial charge is 0.497 e. The molecule has 22 heavy (non-hydrogen) atoms. The van der Waals surface area contributed by atoms with Crippen LogP contribution in [0.1, 0.15) is 6.92 Å². The van der Waals surface area contributed by atoms with Crippen molar-refractivity contribution in [2.24, 2.45) is 0 Å². The van der Waals surface area contributed by atoms with E-state index < -0.39 is 0 Å². The molecule has 0 fully saturated rings. The predicted molar refractivity (Wildman–Crippen MR) is 86.1 cm³/mol. The minimum Gasteiger partial charge on any atom is -0.497 e. The van der Waals surface area contributed by atoms with E-state index in [0.29, 0.717) is 17.1 Å². The summed E-state index contributed by atoms with van der Waals surface area (Å²) < 4.78 is 5.09. The van der Waals surface area contributed by atoms with Crippen molar-refractivity contribution in [2.75, 3.05) is 23.9 Å². The van der Waals surface area contributed by atoms with Crippen LogP contribution in [0.3, 0.4) is 0 Å². The maximum Gasteiger partial charge on any atom is 0.244 e. The standard InChI is InChI=1S/C17H18N2O3/c1-13(20)19(15-8-10-16(22-2)11-9-15)12-17(21)18-14-6-4-3-5-7-14/h3-11H,12H2,1-2H3,(H,18,21). The average Bonchev–Trinajstić information content (AvgIpc) is 2.53. The maximum absolute atomic E-state index is 12.1. The monoisotopic (exact) mass is 298 g/mol. The summed E-state index contributed by atoms with van der Waals surface area (Å²) in [7, 11) is 1.57. The first-order valence-corrected chi connectivity index (χ1v) is 6.87. The van der Waals surface area contributed by atoms with Crippen molar-refractivity contribution in [2.45, 2.75) is 6.92 Å². The van der Waals surface area contributed by atoms with Gasteiger partial charge in [-0.05, 0) is 36.4 Å². The molecule has 0 heterocycles. The number of nitrogens with zero attached hydrogens (tertiary/aromatic N) is 1. The number of amides is 2. The molecular formula is C17H18N2O3. The molecule has 0 aromatic heterocycles. The van der Waals surface area contributed by atoms with Crippen molar-refractivity contribution in [1.29, 1.82) is 0 Å². The molecule has 2 aromatic rings. The van der Waals surface area contributed by atoms with Gasteiger partial charge in [0.15, 0.2) is 0 Å². The molecule has 0 radical (unpaired) electrons. The van der Waals surface area contributed by atoms with Crippen LogP contribution in [0, 0.1) is 0 Å². The van der Waals surface area contributed by atoms with Crippen molar-refractivity contribution < 1.29 is 14.3 Å². The van der Waals surface area contributed by atoms with Crippen LogP contribution in [-0.4, -0.2) is 25.5 Å². The van der Waals surface area contributed by atoms with Gasteiger partial charge in [-0.15, -0.1) is 0 Å². The Bertz CT molecular complexity index is 639. The zero-order valence-electron chi connectivity index (χ0n) is 12.6. The number of ether oxygens (including phenoxy) is 1. The third kappa shape index (κ3) is 4.09. The molecule has 2 rings (SSSR count). The lowest BCUT2D eigenvalue weighted by Gasteiger charge is -2.21. The Morgan fingerprint density at radius 1 is 1.05 bits per heavy atom. The van der Waals surface area contributed by atoms with Crippen LogP contribution in [0.15, 0.2) is 54.6 Å². The number of benzene rings is 2. The van der Waals surface area contributed by atoms with Crippen molar-refractivity contribution in [3.63, 3.8) is 0 Å². The van der Waals surface area contributed by atoms with E-state index in [-0.39, 0.29) is 18.4 Å². The first kappa shape index (κ1) is 15.6. The highest BCUT2D eigenvalue weighted by Gasteiger charge is 2.15. The summed E-state index contributed by atoms with van der Waals surface area (Å²) in [6, 6.07) is 16.1. The van der Waals surface area contributed by atoms with Crippen LogP contribution in [-0.2, 0) is 9.59 Å². The second-order valence-corrected chi connectivity index (χ2v) is 4.72. The quantitative estimate of drug-likeness (QED) is 0.923. The molecule has 5 nitrogen and oxygen atoms in total. The lowest BCUT2D eigenvalue weighted by molar-refractivity contribution is -0.120. The molecule has 2 aromatic carbocycles. The van der Waals surface area contributed by atoms with Gasteiger partial charge in [0.05, 0.1) is 7.11 Å². The summed E-state index contributed by atoms with van der Waals surface area (Å²) in [5.74, 6) is 0.242. The van der Waals surface area contributed by atoms with E-state index in [4.69, 9.17) is 4.74 Å². The topological polar surface area (TPSA) is 58.6 Å². The molecule has 114 valence electrons. The number of rotatable bonds is 5. The minimum absolute atomic E-state index is 0.0451. The number of hydrogen-bond acceptors (Lipinski definition) is 3. The van der Waals surface area contributed by atoms with E-state index in [1.807, 2.05) is 18.2 Å². The van der Waals surface area contributed by atoms with E-state index >= 15 is 0 Å². The van der Waals surface area contributed by atoms with Gasteiger partial charge >= 0.3 is 0 Å². The molecule has 0 aliphatic heterocycles. The second-order valence-electron chi connectivity index (χ2n) is 4.72. The molecule has 5 heteroatoms. The molecular weight excluding hydrogens is 280 g/mol. The van der Waals surface area contributed by atoms with Crippen molar-refractivity contribution in [3.05, 3.63) is 54.6 Å². The number of anilines is 2. The molecule has 0 atom stereocenters. The summed E-state index contributed by atoms with van der Waals surface area (Å²) >= 11 is 0. The van der Waals surface area contributed by atoms with Crippen molar-refractivity contribution in [1.82, 2.24) is 0 Å². The lowest BCUT2D eigenvalue weighted by atomic mass is 10.2. The first-order valence-electron chi connectivity index (χ1n) is 6.87. The van der Waals surface area contributed by atoms with Gasteiger partial charge < -0.3 is 15.0 Å². The fraction of sp³-hybridized carbons (Fsp3) is 0.176. The normalized spacial score (nSPS) is 9.91. The van der Waals surface area contributed by atoms with E-state index in [1.54, 1.807) is 43.5 Å². The summed E-state index contributed by atoms with van der Waals surface area (Å²) in [4.78, 5) is 25.3. The van der Waals surface area contributed by atoms with Gasteiger partial charge in [-0.3, -0.25) is 9.59 Å². The second kappa shape index (κ2) is 7.26. The molecule has 0 saturated carbocycles. The Balaban J connectivity index is 2.08. The highest BCUT2D eigenvalue weighted by atomic mass is 16.5. The number of para-hydroxylation sites is 1. The van der Waals surface area contributed by atoms with Gasteiger partial charge in [0.1, 0.15) is 12.3 Å². The van der Waals surface area contributed by atoms with Crippen LogP contribution >= 0.6 is 0 Å². The fourth-order valence-electron chi connectivity index (χ4n) is 2.01. The Hall–Kier alpha value is -2.82. The number of carbonyl (C=O) groups is 2. The van der Waals surface area contributed by atoms with E-state index in [1.165, 1.54) is 11.8 Å². The zero-order chi connectivity index (χ0) is 15.9. The Morgan fingerprint density at radius 2 is 1.68 bits per heavy atom. The maximum atomic E-state index is 12.1. The first-order chi connectivity index (χ1) is 10.6. The predicted octanol–water partition coefficient (Wildman–Crippen LogP) is 2.69. The van der Waals surface area contributed by atoms with Gasteiger partial charge in [0.2, 0.25) is 11.8 Å². The smallest absolute Gasteiger partial charge is 0.244 e. The molecule has 0 unspecified atom stereocenters. The molecule has 0 saturated heterocycles. The van der Waals surface area contributed by atoms with Gasteiger partial charge in [0, 0.05) is 18.3 Å². The summed E-state index contributed by atoms with van der Waals surface area (Å²) in [6.07, 6.45) is 0. The van der Waals surface area contributed by atoms with Crippen molar-refractivity contribution >= 4 is 23.2 Å². The van der Waals surface area contributed by atoms with Crippen LogP contribution in [0.25, 0.3) is 0 Å². The SMILES string of the molecule is COc1ccc(N(CC(=O)Nc2ccccc2)C(C)=O)cc1. The van der Waals surface area contributed by atoms with Gasteiger partial charge in [-0.25, -0.2) is 0 Å². The number of hydrogen-bond donors (Lipinski definition) is 1. The van der Waals surface area contributed by atoms with Crippen molar-refractivity contribution in [3.8, 4) is 5.75 Å². The lowest BCUT2D eigenvalue weighted by Crippen LogP contribution is -2.36. The van der Waals surface area contributed by atoms with E-state index in [9.17, 15) is 9.59 Å². The number of nitrogens with one attached hydrogen (secondary N) is 1. The Kier molecular flexibility index (Phi) is 5.14. The van der Waals surface area contributed by atoms with Gasteiger partial charge in [-0.2, -0.15) is 0 Å². The average molecular weight is 298 g/mol. The summed E-state index contributed by atoms with van der Waals surface area (Å²) in [6.45, 7) is 1.39. The molecule has 0 bridgehead atoms. The van der Waals surface area contributed by atoms with Crippen LogP contribution < -0.4 is 15.0 Å². The Morgan fingerprint density at radius 3 is 2.23 bits per heavy atom.